The summed E-state index contributed by atoms with van der Waals surface area (Å²) >= 11 is 0. The van der Waals surface area contributed by atoms with Crippen LogP contribution in [0.5, 0.6) is 5.75 Å². The molecule has 0 radical (unpaired) electrons. The number of nitrogens with one attached hydrogen (secondary N) is 3. The number of amides is 1. The van der Waals surface area contributed by atoms with Crippen molar-refractivity contribution < 1.29 is 23.8 Å². The molecule has 1 amide bonds. The summed E-state index contributed by atoms with van der Waals surface area (Å²) in [5.74, 6) is -1.28. The minimum atomic E-state index is -1.00. The minimum Gasteiger partial charge on any atom is -0.492 e. The van der Waals surface area contributed by atoms with Gasteiger partial charge in [0, 0.05) is 17.8 Å². The zero-order valence-electron chi connectivity index (χ0n) is 19.9. The van der Waals surface area contributed by atoms with E-state index in [-0.39, 0.29) is 42.3 Å². The van der Waals surface area contributed by atoms with Crippen molar-refractivity contribution >= 4 is 23.3 Å². The van der Waals surface area contributed by atoms with Gasteiger partial charge in [-0.3, -0.25) is 4.79 Å². The maximum Gasteiger partial charge on any atom is 0.335 e. The lowest BCUT2D eigenvalue weighted by molar-refractivity contribution is 0.0696. The Bertz CT molecular complexity index is 1020. The van der Waals surface area contributed by atoms with Crippen LogP contribution in [0.4, 0.5) is 15.8 Å². The molecule has 2 aliphatic carbocycles. The highest BCUT2D eigenvalue weighted by Gasteiger charge is 2.22. The molecule has 0 atom stereocenters. The quantitative estimate of drug-likeness (QED) is 0.336. The lowest BCUT2D eigenvalue weighted by atomic mass is 9.95. The van der Waals surface area contributed by atoms with Crippen LogP contribution in [0.3, 0.4) is 0 Å². The number of hydrogen-bond donors (Lipinski definition) is 4. The molecule has 35 heavy (non-hydrogen) atoms. The van der Waals surface area contributed by atoms with Gasteiger partial charge in [0.2, 0.25) is 0 Å². The third kappa shape index (κ3) is 6.87. The average Bonchev–Trinajstić information content (AvgIpc) is 3.37. The van der Waals surface area contributed by atoms with Crippen molar-refractivity contribution in [1.82, 2.24) is 5.32 Å². The summed E-state index contributed by atoms with van der Waals surface area (Å²) in [7, 11) is 0. The van der Waals surface area contributed by atoms with Gasteiger partial charge in [-0.2, -0.15) is 0 Å². The lowest BCUT2D eigenvalue weighted by Gasteiger charge is -2.25. The molecule has 188 valence electrons. The number of hydrogen-bond acceptors (Lipinski definition) is 5. The standard InChI is InChI=1S/C27H34FN3O4/c28-23-16-22(26(32)29-14-15-35-21-12-10-18(11-13-21)27(33)34)24(30-19-8-4-5-9-19)17-25(23)31-20-6-2-1-3-7-20/h10-13,16-17,19-20,30-31H,1-9,14-15H2,(H,29,32)(H,33,34). The van der Waals surface area contributed by atoms with Crippen LogP contribution in [0.25, 0.3) is 0 Å². The number of carboxylic acid groups (broad SMARTS) is 1. The second-order valence-electron chi connectivity index (χ2n) is 9.42. The summed E-state index contributed by atoms with van der Waals surface area (Å²) in [4.78, 5) is 23.9. The van der Waals surface area contributed by atoms with Crippen LogP contribution in [0.1, 0.15) is 78.5 Å². The molecule has 4 N–H and O–H groups in total. The third-order valence-corrected chi connectivity index (χ3v) is 6.79. The average molecular weight is 484 g/mol. The molecular formula is C27H34FN3O4. The van der Waals surface area contributed by atoms with E-state index in [2.05, 4.69) is 16.0 Å². The fraction of sp³-hybridized carbons (Fsp3) is 0.481. The Morgan fingerprint density at radius 1 is 0.886 bits per heavy atom. The van der Waals surface area contributed by atoms with Gasteiger partial charge in [0.05, 0.1) is 23.4 Å². The topological polar surface area (TPSA) is 99.7 Å². The highest BCUT2D eigenvalue weighted by Crippen LogP contribution is 2.31. The molecule has 4 rings (SSSR count). The van der Waals surface area contributed by atoms with Crippen LogP contribution >= 0.6 is 0 Å². The van der Waals surface area contributed by atoms with Crippen molar-refractivity contribution in [2.45, 2.75) is 69.9 Å². The summed E-state index contributed by atoms with van der Waals surface area (Å²) in [6.07, 6.45) is 9.98. The Morgan fingerprint density at radius 3 is 2.11 bits per heavy atom. The Labute approximate surface area is 205 Å². The summed E-state index contributed by atoms with van der Waals surface area (Å²) < 4.78 is 20.6. The minimum absolute atomic E-state index is 0.177. The van der Waals surface area contributed by atoms with Gasteiger partial charge >= 0.3 is 5.97 Å². The van der Waals surface area contributed by atoms with E-state index in [4.69, 9.17) is 9.84 Å². The lowest BCUT2D eigenvalue weighted by Crippen LogP contribution is -2.30. The molecule has 2 aromatic rings. The van der Waals surface area contributed by atoms with Gasteiger partial charge in [-0.25, -0.2) is 9.18 Å². The van der Waals surface area contributed by atoms with E-state index in [0.717, 1.165) is 51.4 Å². The number of halogens is 1. The Morgan fingerprint density at radius 2 is 1.49 bits per heavy atom. The smallest absolute Gasteiger partial charge is 0.335 e. The number of carboxylic acids is 1. The van der Waals surface area contributed by atoms with E-state index in [1.165, 1.54) is 24.6 Å². The highest BCUT2D eigenvalue weighted by molar-refractivity contribution is 6.00. The van der Waals surface area contributed by atoms with E-state index in [0.29, 0.717) is 17.1 Å². The first-order valence-electron chi connectivity index (χ1n) is 12.6. The Kier molecular flexibility index (Phi) is 8.45. The molecule has 0 unspecified atom stereocenters. The summed E-state index contributed by atoms with van der Waals surface area (Å²) in [6, 6.07) is 9.68. The molecular weight excluding hydrogens is 449 g/mol. The van der Waals surface area contributed by atoms with Gasteiger partial charge in [-0.05, 0) is 62.1 Å². The molecule has 0 heterocycles. The Hall–Kier alpha value is -3.29. The predicted octanol–water partition coefficient (Wildman–Crippen LogP) is 5.43. The largest absolute Gasteiger partial charge is 0.492 e. The third-order valence-electron chi connectivity index (χ3n) is 6.79. The number of ether oxygens (including phenoxy) is 1. The van der Waals surface area contributed by atoms with Gasteiger partial charge in [0.1, 0.15) is 18.2 Å². The normalized spacial score (nSPS) is 16.6. The monoisotopic (exact) mass is 483 g/mol. The van der Waals surface area contributed by atoms with Gasteiger partial charge in [-0.15, -0.1) is 0 Å². The maximum absolute atomic E-state index is 15.0. The maximum atomic E-state index is 15.0. The van der Waals surface area contributed by atoms with Gasteiger partial charge in [-0.1, -0.05) is 32.1 Å². The van der Waals surface area contributed by atoms with E-state index in [9.17, 15) is 9.59 Å². The van der Waals surface area contributed by atoms with Crippen molar-refractivity contribution in [3.8, 4) is 5.75 Å². The molecule has 8 heteroatoms. The molecule has 2 saturated carbocycles. The first-order chi connectivity index (χ1) is 17.0. The summed E-state index contributed by atoms with van der Waals surface area (Å²) in [6.45, 7) is 0.430. The molecule has 0 saturated heterocycles. The van der Waals surface area contributed by atoms with Crippen LogP contribution in [0, 0.1) is 5.82 Å². The molecule has 0 spiro atoms. The first-order valence-corrected chi connectivity index (χ1v) is 12.6. The van der Waals surface area contributed by atoms with E-state index >= 15 is 4.39 Å². The number of carbonyl (C=O) groups excluding carboxylic acids is 1. The number of benzene rings is 2. The van der Waals surface area contributed by atoms with Crippen LogP contribution in [0.2, 0.25) is 0 Å². The van der Waals surface area contributed by atoms with Gasteiger partial charge < -0.3 is 25.8 Å². The van der Waals surface area contributed by atoms with E-state index in [1.54, 1.807) is 18.2 Å². The number of carbonyl (C=O) groups is 2. The number of rotatable bonds is 10. The molecule has 0 aliphatic heterocycles. The van der Waals surface area contributed by atoms with Crippen molar-refractivity contribution in [1.29, 1.82) is 0 Å². The fourth-order valence-corrected chi connectivity index (χ4v) is 4.87. The first kappa shape index (κ1) is 24.8. The van der Waals surface area contributed by atoms with Crippen molar-refractivity contribution in [3.05, 3.63) is 53.3 Å². The van der Waals surface area contributed by atoms with E-state index in [1.807, 2.05) is 0 Å². The zero-order valence-corrected chi connectivity index (χ0v) is 19.9. The molecule has 0 aromatic heterocycles. The molecule has 2 aliphatic rings. The molecule has 2 aromatic carbocycles. The highest BCUT2D eigenvalue weighted by atomic mass is 19.1. The SMILES string of the molecule is O=C(O)c1ccc(OCCNC(=O)c2cc(F)c(NC3CCCCC3)cc2NC2CCCC2)cc1. The van der Waals surface area contributed by atoms with Crippen LogP contribution in [-0.2, 0) is 0 Å². The molecule has 7 nitrogen and oxygen atoms in total. The van der Waals surface area contributed by atoms with Crippen molar-refractivity contribution in [2.75, 3.05) is 23.8 Å². The summed E-state index contributed by atoms with van der Waals surface area (Å²) in [5.41, 5.74) is 1.56. The van der Waals surface area contributed by atoms with Gasteiger partial charge in [0.25, 0.3) is 5.91 Å². The zero-order chi connectivity index (χ0) is 24.6. The number of aromatic carboxylic acids is 1. The van der Waals surface area contributed by atoms with Crippen LogP contribution in [-0.4, -0.2) is 42.2 Å². The fourth-order valence-electron chi connectivity index (χ4n) is 4.87. The van der Waals surface area contributed by atoms with Gasteiger partial charge in [0.15, 0.2) is 0 Å². The molecule has 2 fully saturated rings. The second-order valence-corrected chi connectivity index (χ2v) is 9.42. The van der Waals surface area contributed by atoms with Crippen LogP contribution < -0.4 is 20.7 Å². The number of anilines is 2. The Balaban J connectivity index is 1.39. The van der Waals surface area contributed by atoms with Crippen LogP contribution in [0.15, 0.2) is 36.4 Å². The van der Waals surface area contributed by atoms with Crippen molar-refractivity contribution in [3.63, 3.8) is 0 Å². The van der Waals surface area contributed by atoms with Crippen molar-refractivity contribution in [2.24, 2.45) is 0 Å². The van der Waals surface area contributed by atoms with E-state index < -0.39 is 11.8 Å². The molecule has 0 bridgehead atoms. The second kappa shape index (κ2) is 11.9. The predicted molar refractivity (Wildman–Crippen MR) is 134 cm³/mol. The summed E-state index contributed by atoms with van der Waals surface area (Å²) in [5, 5.41) is 18.6.